The molecule has 0 unspecified atom stereocenters. The summed E-state index contributed by atoms with van der Waals surface area (Å²) in [6, 6.07) is 4.24. The van der Waals surface area contributed by atoms with Crippen LogP contribution in [0.15, 0.2) is 36.2 Å². The summed E-state index contributed by atoms with van der Waals surface area (Å²) in [6.07, 6.45) is 8.75. The molecule has 0 aromatic carbocycles. The lowest BCUT2D eigenvalue weighted by Gasteiger charge is -2.25. The van der Waals surface area contributed by atoms with E-state index in [9.17, 15) is 0 Å². The van der Waals surface area contributed by atoms with Crippen molar-refractivity contribution in [1.82, 2.24) is 9.47 Å². The number of aromatic nitrogens is 1. The van der Waals surface area contributed by atoms with Crippen molar-refractivity contribution >= 4 is 6.08 Å². The monoisotopic (exact) mass is 158 g/mol. The van der Waals surface area contributed by atoms with E-state index in [2.05, 4.69) is 46.0 Å². The highest BCUT2D eigenvalue weighted by Gasteiger charge is 2.16. The smallest absolute Gasteiger partial charge is 0.0949 e. The fourth-order valence-electron chi connectivity index (χ4n) is 1.81. The molecule has 0 amide bonds. The third-order valence-corrected chi connectivity index (χ3v) is 2.46. The van der Waals surface area contributed by atoms with Crippen LogP contribution in [0.4, 0.5) is 0 Å². The molecule has 12 heavy (non-hydrogen) atoms. The first kappa shape index (κ1) is 6.12. The number of nitrogens with zero attached hydrogens (tertiary/aromatic N) is 2. The first-order valence-electron chi connectivity index (χ1n) is 4.22. The average Bonchev–Trinajstić information content (AvgIpc) is 2.64. The summed E-state index contributed by atoms with van der Waals surface area (Å²) in [4.78, 5) is 2.35. The average molecular weight is 158 g/mol. The lowest BCUT2D eigenvalue weighted by Crippen LogP contribution is -2.25. The van der Waals surface area contributed by atoms with E-state index in [0.717, 1.165) is 13.2 Å². The van der Waals surface area contributed by atoms with Gasteiger partial charge in [0.15, 0.2) is 0 Å². The van der Waals surface area contributed by atoms with Crippen molar-refractivity contribution in [3.8, 4) is 0 Å². The number of fused-ring (bicyclic) bond motifs is 2. The number of hydrogen-bond donors (Lipinski definition) is 0. The van der Waals surface area contributed by atoms with Gasteiger partial charge in [0.05, 0.1) is 6.67 Å². The van der Waals surface area contributed by atoms with Crippen molar-refractivity contribution < 1.29 is 0 Å². The summed E-state index contributed by atoms with van der Waals surface area (Å²) >= 11 is 0. The van der Waals surface area contributed by atoms with Crippen molar-refractivity contribution in [3.05, 3.63) is 41.9 Å². The number of allylic oxidation sites excluding steroid dienone is 1. The highest BCUT2D eigenvalue weighted by atomic mass is 15.3. The zero-order valence-electron chi connectivity index (χ0n) is 6.77. The fourth-order valence-corrected chi connectivity index (χ4v) is 1.81. The first-order valence-corrected chi connectivity index (χ1v) is 4.22. The minimum atomic E-state index is 1.00. The summed E-state index contributed by atoms with van der Waals surface area (Å²) in [6.45, 7) is 2.06. The van der Waals surface area contributed by atoms with E-state index in [0.29, 0.717) is 0 Å². The lowest BCUT2D eigenvalue weighted by atomic mass is 10.3. The van der Waals surface area contributed by atoms with Crippen LogP contribution in [-0.2, 0) is 6.67 Å². The Morgan fingerprint density at radius 1 is 1.33 bits per heavy atom. The molecule has 0 saturated carbocycles. The highest BCUT2D eigenvalue weighted by molar-refractivity contribution is 5.55. The quantitative estimate of drug-likeness (QED) is 0.557. The molecule has 0 atom stereocenters. The molecular formula is C10H10N2. The topological polar surface area (TPSA) is 8.17 Å². The van der Waals surface area contributed by atoms with E-state index in [4.69, 9.17) is 0 Å². The van der Waals surface area contributed by atoms with Crippen molar-refractivity contribution in [1.29, 1.82) is 0 Å². The van der Waals surface area contributed by atoms with Gasteiger partial charge in [0, 0.05) is 24.1 Å². The summed E-state index contributed by atoms with van der Waals surface area (Å²) in [7, 11) is 0. The molecule has 2 aliphatic rings. The molecule has 0 N–H and O–H groups in total. The van der Waals surface area contributed by atoms with Gasteiger partial charge in [0.1, 0.15) is 0 Å². The molecule has 0 aliphatic carbocycles. The van der Waals surface area contributed by atoms with E-state index in [1.807, 2.05) is 0 Å². The Labute approximate surface area is 71.4 Å². The van der Waals surface area contributed by atoms with Gasteiger partial charge in [-0.15, -0.1) is 0 Å². The Morgan fingerprint density at radius 2 is 2.33 bits per heavy atom. The molecule has 60 valence electrons. The van der Waals surface area contributed by atoms with Gasteiger partial charge < -0.3 is 9.47 Å². The molecule has 2 nitrogen and oxygen atoms in total. The maximum Gasteiger partial charge on any atom is 0.0949 e. The second kappa shape index (κ2) is 2.03. The van der Waals surface area contributed by atoms with Crippen LogP contribution in [0.1, 0.15) is 5.69 Å². The molecule has 2 aliphatic heterocycles. The maximum atomic E-state index is 2.35. The van der Waals surface area contributed by atoms with Crippen LogP contribution >= 0.6 is 0 Å². The molecule has 0 bridgehead atoms. The third kappa shape index (κ3) is 0.694. The minimum Gasteiger partial charge on any atom is -0.350 e. The van der Waals surface area contributed by atoms with Crippen LogP contribution in [-0.4, -0.2) is 16.0 Å². The molecule has 1 aromatic heterocycles. The number of hydrogen-bond acceptors (Lipinski definition) is 1. The predicted octanol–water partition coefficient (Wildman–Crippen LogP) is 1.67. The molecule has 0 radical (unpaired) electrons. The van der Waals surface area contributed by atoms with Crippen molar-refractivity contribution in [3.63, 3.8) is 0 Å². The van der Waals surface area contributed by atoms with E-state index in [1.54, 1.807) is 0 Å². The fraction of sp³-hybridized carbons (Fsp3) is 0.200. The molecule has 0 fully saturated rings. The summed E-state index contributed by atoms with van der Waals surface area (Å²) in [5, 5.41) is 0. The molecule has 2 heteroatoms. The highest BCUT2D eigenvalue weighted by Crippen LogP contribution is 2.23. The van der Waals surface area contributed by atoms with Gasteiger partial charge in [0.2, 0.25) is 0 Å². The van der Waals surface area contributed by atoms with Crippen molar-refractivity contribution in [2.75, 3.05) is 6.54 Å². The number of rotatable bonds is 0. The molecule has 1 aromatic rings. The third-order valence-electron chi connectivity index (χ3n) is 2.46. The Kier molecular flexibility index (Phi) is 1.04. The van der Waals surface area contributed by atoms with Crippen molar-refractivity contribution in [2.24, 2.45) is 0 Å². The minimum absolute atomic E-state index is 1.00. The second-order valence-corrected chi connectivity index (χ2v) is 3.24. The van der Waals surface area contributed by atoms with E-state index in [-0.39, 0.29) is 0 Å². The van der Waals surface area contributed by atoms with Gasteiger partial charge in [-0.05, 0) is 24.3 Å². The second-order valence-electron chi connectivity index (χ2n) is 3.24. The van der Waals surface area contributed by atoms with Crippen LogP contribution in [0, 0.1) is 0 Å². The predicted molar refractivity (Wildman–Crippen MR) is 48.3 cm³/mol. The van der Waals surface area contributed by atoms with Crippen LogP contribution in [0.25, 0.3) is 6.08 Å². The molecule has 3 heterocycles. The van der Waals surface area contributed by atoms with Crippen LogP contribution in [0.3, 0.4) is 0 Å². The Morgan fingerprint density at radius 3 is 3.33 bits per heavy atom. The lowest BCUT2D eigenvalue weighted by molar-refractivity contribution is 0.319. The van der Waals surface area contributed by atoms with Crippen molar-refractivity contribution in [2.45, 2.75) is 6.67 Å². The molecule has 0 spiro atoms. The first-order chi connectivity index (χ1) is 5.93. The van der Waals surface area contributed by atoms with Gasteiger partial charge >= 0.3 is 0 Å². The van der Waals surface area contributed by atoms with E-state index >= 15 is 0 Å². The SMILES string of the molecule is C1=CC2=Cc3cccn3CN2C1. The Hall–Kier alpha value is -1.44. The van der Waals surface area contributed by atoms with Gasteiger partial charge in [-0.1, -0.05) is 6.08 Å². The Balaban J connectivity index is 2.14. The summed E-state index contributed by atoms with van der Waals surface area (Å²) < 4.78 is 2.26. The van der Waals surface area contributed by atoms with Crippen LogP contribution in [0.2, 0.25) is 0 Å². The maximum absolute atomic E-state index is 2.35. The van der Waals surface area contributed by atoms with Gasteiger partial charge in [-0.25, -0.2) is 0 Å². The zero-order valence-corrected chi connectivity index (χ0v) is 6.77. The van der Waals surface area contributed by atoms with Gasteiger partial charge in [-0.3, -0.25) is 0 Å². The molecule has 0 saturated heterocycles. The van der Waals surface area contributed by atoms with E-state index < -0.39 is 0 Å². The summed E-state index contributed by atoms with van der Waals surface area (Å²) in [5.74, 6) is 0. The molecular weight excluding hydrogens is 148 g/mol. The normalized spacial score (nSPS) is 19.0. The van der Waals surface area contributed by atoms with Gasteiger partial charge in [0.25, 0.3) is 0 Å². The Bertz CT molecular complexity index is 371. The van der Waals surface area contributed by atoms with Crippen LogP contribution < -0.4 is 0 Å². The molecule has 3 rings (SSSR count). The van der Waals surface area contributed by atoms with Crippen LogP contribution in [0.5, 0.6) is 0 Å². The van der Waals surface area contributed by atoms with E-state index in [1.165, 1.54) is 11.4 Å². The largest absolute Gasteiger partial charge is 0.350 e. The van der Waals surface area contributed by atoms with Gasteiger partial charge in [-0.2, -0.15) is 0 Å². The summed E-state index contributed by atoms with van der Waals surface area (Å²) in [5.41, 5.74) is 2.66. The standard InChI is InChI=1S/C10H10N2/c1-3-9-7-10-4-2-6-12(10)8-11(9)5-1/h1-5,7H,6,8H2. The zero-order chi connectivity index (χ0) is 7.97.